The van der Waals surface area contributed by atoms with Gasteiger partial charge in [-0.05, 0) is 38.5 Å². The zero-order valence-corrected chi connectivity index (χ0v) is 20.9. The summed E-state index contributed by atoms with van der Waals surface area (Å²) in [6.45, 7) is 5.41. The summed E-state index contributed by atoms with van der Waals surface area (Å²) in [4.78, 5) is 26.7. The number of likely N-dealkylation sites (tertiary alicyclic amines) is 1. The van der Waals surface area contributed by atoms with E-state index in [9.17, 15) is 31.2 Å². The molecule has 36 heavy (non-hydrogen) atoms. The topological polar surface area (TPSA) is 107 Å². The molecule has 1 saturated heterocycles. The zero-order valence-electron chi connectivity index (χ0n) is 20.1. The van der Waals surface area contributed by atoms with Crippen LogP contribution in [0.4, 0.5) is 18.0 Å². The summed E-state index contributed by atoms with van der Waals surface area (Å²) in [6, 6.07) is 0.771. The Bertz CT molecular complexity index is 1310. The smallest absolute Gasteiger partial charge is 0.410 e. The van der Waals surface area contributed by atoms with E-state index in [1.807, 2.05) is 0 Å². The lowest BCUT2D eigenvalue weighted by Gasteiger charge is -2.24. The number of hydrogen-bond donors (Lipinski definition) is 1. The highest BCUT2D eigenvalue weighted by molar-refractivity contribution is 7.89. The van der Waals surface area contributed by atoms with Gasteiger partial charge in [0.1, 0.15) is 16.2 Å². The van der Waals surface area contributed by atoms with Crippen molar-refractivity contribution in [3.05, 3.63) is 47.0 Å². The van der Waals surface area contributed by atoms with Crippen molar-refractivity contribution in [3.63, 3.8) is 0 Å². The zero-order chi connectivity index (χ0) is 26.6. The Hall–Kier alpha value is -3.06. The number of nitrogens with one attached hydrogen (secondary N) is 1. The first-order chi connectivity index (χ1) is 16.7. The summed E-state index contributed by atoms with van der Waals surface area (Å²) in [6.07, 6.45) is 0.104. The van der Waals surface area contributed by atoms with Crippen LogP contribution in [0.25, 0.3) is 0 Å². The Balaban J connectivity index is 1.60. The molecular weight excluding hydrogens is 503 g/mol. The summed E-state index contributed by atoms with van der Waals surface area (Å²) in [5.74, 6) is -5.84. The van der Waals surface area contributed by atoms with Gasteiger partial charge in [-0.2, -0.15) is 0 Å². The summed E-state index contributed by atoms with van der Waals surface area (Å²) in [7, 11) is -2.73. The number of aryl methyl sites for hydroxylation is 1. The number of carbonyl (C=O) groups excluding carboxylic acids is 2. The Morgan fingerprint density at radius 3 is 2.42 bits per heavy atom. The number of aromatic nitrogens is 1. The molecule has 0 bridgehead atoms. The molecule has 0 radical (unpaired) electrons. The third-order valence-electron chi connectivity index (χ3n) is 5.91. The molecule has 1 aromatic carbocycles. The maximum absolute atomic E-state index is 13.6. The number of ketones is 1. The van der Waals surface area contributed by atoms with E-state index in [0.29, 0.717) is 12.1 Å². The van der Waals surface area contributed by atoms with E-state index in [4.69, 9.17) is 9.47 Å². The summed E-state index contributed by atoms with van der Waals surface area (Å²) in [5.41, 5.74) is -0.972. The normalized spacial score (nSPS) is 21.1. The highest BCUT2D eigenvalue weighted by atomic mass is 32.2. The average Bonchev–Trinajstić information content (AvgIpc) is 3.28. The molecule has 1 fully saturated rings. The standard InChI is InChI=1S/C23H26F3N3O6S/c1-23(2,3)35-22(31)29-8-13-11-34-21-18(36(32,33)27-16(13)9-29)10-28(4)20(21)17(30)7-12-5-14(24)19(26)15(25)6-12/h5-6,10,13,16,27H,7-9,11H2,1-4H3. The van der Waals surface area contributed by atoms with Gasteiger partial charge in [0.2, 0.25) is 10.0 Å². The molecule has 2 aromatic rings. The van der Waals surface area contributed by atoms with Crippen molar-refractivity contribution < 1.29 is 40.7 Å². The van der Waals surface area contributed by atoms with Gasteiger partial charge < -0.3 is 18.9 Å². The number of Topliss-reactive ketones (excluding diaryl/α,β-unsaturated/α-hetero) is 1. The van der Waals surface area contributed by atoms with Crippen LogP contribution in [0.5, 0.6) is 5.75 Å². The van der Waals surface area contributed by atoms with Crippen molar-refractivity contribution in [2.75, 3.05) is 19.7 Å². The fourth-order valence-electron chi connectivity index (χ4n) is 4.31. The number of ether oxygens (including phenoxy) is 2. The highest BCUT2D eigenvalue weighted by Gasteiger charge is 2.43. The van der Waals surface area contributed by atoms with Crippen LogP contribution in [-0.2, 0) is 28.2 Å². The number of halogens is 3. The Morgan fingerprint density at radius 2 is 1.81 bits per heavy atom. The molecule has 13 heteroatoms. The first-order valence-electron chi connectivity index (χ1n) is 11.2. The largest absolute Gasteiger partial charge is 0.489 e. The van der Waals surface area contributed by atoms with Gasteiger partial charge in [0.25, 0.3) is 0 Å². The van der Waals surface area contributed by atoms with Crippen LogP contribution in [0.1, 0.15) is 36.8 Å². The van der Waals surface area contributed by atoms with Gasteiger partial charge in [-0.1, -0.05) is 0 Å². The maximum Gasteiger partial charge on any atom is 0.410 e. The molecule has 2 atom stereocenters. The third-order valence-corrected chi connectivity index (χ3v) is 7.39. The molecule has 4 rings (SSSR count). The van der Waals surface area contributed by atoms with Gasteiger partial charge >= 0.3 is 6.09 Å². The Morgan fingerprint density at radius 1 is 1.17 bits per heavy atom. The van der Waals surface area contributed by atoms with E-state index in [0.717, 1.165) is 0 Å². The van der Waals surface area contributed by atoms with Crippen molar-refractivity contribution >= 4 is 21.9 Å². The van der Waals surface area contributed by atoms with Crippen molar-refractivity contribution in [2.45, 2.75) is 43.7 Å². The van der Waals surface area contributed by atoms with Gasteiger partial charge in [-0.3, -0.25) is 4.79 Å². The van der Waals surface area contributed by atoms with Gasteiger partial charge in [0.15, 0.2) is 29.0 Å². The van der Waals surface area contributed by atoms with Crippen LogP contribution in [0.2, 0.25) is 0 Å². The number of nitrogens with zero attached hydrogens (tertiary/aromatic N) is 2. The molecule has 3 heterocycles. The second kappa shape index (κ2) is 9.11. The van der Waals surface area contributed by atoms with E-state index >= 15 is 0 Å². The molecule has 1 amide bonds. The van der Waals surface area contributed by atoms with Gasteiger partial charge in [0.05, 0.1) is 6.61 Å². The number of fused-ring (bicyclic) bond motifs is 2. The number of benzene rings is 1. The fraction of sp³-hybridized carbons (Fsp3) is 0.478. The van der Waals surface area contributed by atoms with Gasteiger partial charge in [-0.15, -0.1) is 0 Å². The van der Waals surface area contributed by atoms with Crippen molar-refractivity contribution in [3.8, 4) is 5.75 Å². The minimum absolute atomic E-state index is 0.0103. The predicted molar refractivity (Wildman–Crippen MR) is 121 cm³/mol. The third kappa shape index (κ3) is 5.07. The minimum atomic E-state index is -4.16. The van der Waals surface area contributed by atoms with Gasteiger partial charge in [0, 0.05) is 44.7 Å². The number of rotatable bonds is 3. The predicted octanol–water partition coefficient (Wildman–Crippen LogP) is 2.77. The minimum Gasteiger partial charge on any atom is -0.489 e. The van der Waals surface area contributed by atoms with E-state index in [-0.39, 0.29) is 41.6 Å². The molecule has 2 aliphatic rings. The summed E-state index contributed by atoms with van der Waals surface area (Å²) in [5, 5.41) is 0. The molecular formula is C23H26F3N3O6S. The Kier molecular flexibility index (Phi) is 6.58. The lowest BCUT2D eigenvalue weighted by atomic mass is 10.1. The second-order valence-electron chi connectivity index (χ2n) is 9.94. The van der Waals surface area contributed by atoms with E-state index in [1.165, 1.54) is 22.7 Å². The molecule has 1 aromatic heterocycles. The van der Waals surface area contributed by atoms with Crippen LogP contribution in [-0.4, -0.2) is 61.1 Å². The summed E-state index contributed by atoms with van der Waals surface area (Å²) < 4.78 is 81.9. The van der Waals surface area contributed by atoms with E-state index in [1.54, 1.807) is 20.8 Å². The average molecular weight is 530 g/mol. The molecule has 1 N–H and O–H groups in total. The first kappa shape index (κ1) is 26.0. The molecule has 0 saturated carbocycles. The molecule has 2 unspecified atom stereocenters. The fourth-order valence-corrected chi connectivity index (χ4v) is 5.80. The SMILES string of the molecule is Cn1cc2c(c1C(=O)Cc1cc(F)c(F)c(F)c1)OCC1CN(C(=O)OC(C)(C)C)CC1NS2(=O)=O. The molecule has 196 valence electrons. The number of hydrogen-bond acceptors (Lipinski definition) is 6. The van der Waals surface area contributed by atoms with Crippen LogP contribution in [0, 0.1) is 23.4 Å². The summed E-state index contributed by atoms with van der Waals surface area (Å²) >= 11 is 0. The molecule has 2 aliphatic heterocycles. The lowest BCUT2D eigenvalue weighted by molar-refractivity contribution is 0.0283. The van der Waals surface area contributed by atoms with Crippen molar-refractivity contribution in [1.82, 2.24) is 14.2 Å². The van der Waals surface area contributed by atoms with Crippen LogP contribution >= 0.6 is 0 Å². The monoisotopic (exact) mass is 529 g/mol. The number of sulfonamides is 1. The number of carbonyl (C=O) groups is 2. The molecule has 0 spiro atoms. The van der Waals surface area contributed by atoms with Crippen molar-refractivity contribution in [1.29, 1.82) is 0 Å². The van der Waals surface area contributed by atoms with Crippen molar-refractivity contribution in [2.24, 2.45) is 13.0 Å². The van der Waals surface area contributed by atoms with E-state index in [2.05, 4.69) is 4.72 Å². The Labute approximate surface area is 206 Å². The molecule has 9 nitrogen and oxygen atoms in total. The maximum atomic E-state index is 13.6. The van der Waals surface area contributed by atoms with Crippen LogP contribution < -0.4 is 9.46 Å². The first-order valence-corrected chi connectivity index (χ1v) is 12.6. The van der Waals surface area contributed by atoms with E-state index < -0.39 is 63.3 Å². The lowest BCUT2D eigenvalue weighted by Crippen LogP contribution is -2.44. The van der Waals surface area contributed by atoms with Crippen LogP contribution in [0.15, 0.2) is 23.2 Å². The van der Waals surface area contributed by atoms with Gasteiger partial charge in [-0.25, -0.2) is 31.1 Å². The number of amides is 1. The quantitative estimate of drug-likeness (QED) is 0.484. The molecule has 0 aliphatic carbocycles. The highest BCUT2D eigenvalue weighted by Crippen LogP contribution is 2.35. The van der Waals surface area contributed by atoms with Crippen LogP contribution in [0.3, 0.4) is 0 Å². The second-order valence-corrected chi connectivity index (χ2v) is 11.6.